The van der Waals surface area contributed by atoms with E-state index in [1.807, 2.05) is 6.92 Å². The van der Waals surface area contributed by atoms with E-state index >= 15 is 0 Å². The minimum absolute atomic E-state index is 0.364. The van der Waals surface area contributed by atoms with Crippen LogP contribution in [0.25, 0.3) is 0 Å². The summed E-state index contributed by atoms with van der Waals surface area (Å²) in [6, 6.07) is 6.59. The summed E-state index contributed by atoms with van der Waals surface area (Å²) in [5.41, 5.74) is 2.36. The Bertz CT molecular complexity index is 664. The molecule has 1 heterocycles. The number of hydrogen-bond acceptors (Lipinski definition) is 4. The van der Waals surface area contributed by atoms with Gasteiger partial charge in [-0.3, -0.25) is 9.48 Å². The largest absolute Gasteiger partial charge is 0.465 e. The Morgan fingerprint density at radius 3 is 2.80 bits per heavy atom. The van der Waals surface area contributed by atoms with Crippen molar-refractivity contribution in [3.8, 4) is 0 Å². The zero-order valence-corrected chi connectivity index (χ0v) is 11.8. The van der Waals surface area contributed by atoms with Gasteiger partial charge in [-0.2, -0.15) is 5.10 Å². The highest BCUT2D eigenvalue weighted by Gasteiger charge is 2.11. The second-order valence-corrected chi connectivity index (χ2v) is 4.69. The lowest BCUT2D eigenvalue weighted by Crippen LogP contribution is -2.07. The Morgan fingerprint density at radius 1 is 1.45 bits per heavy atom. The lowest BCUT2D eigenvalue weighted by Gasteiger charge is -2.08. The predicted molar refractivity (Wildman–Crippen MR) is 74.2 cm³/mol. The van der Waals surface area contributed by atoms with Crippen LogP contribution in [0.1, 0.15) is 32.1 Å². The van der Waals surface area contributed by atoms with Crippen molar-refractivity contribution in [1.29, 1.82) is 0 Å². The molecule has 0 radical (unpaired) electrons. The van der Waals surface area contributed by atoms with Crippen LogP contribution >= 0.6 is 11.6 Å². The summed E-state index contributed by atoms with van der Waals surface area (Å²) in [5, 5.41) is 4.66. The maximum atomic E-state index is 11.5. The number of carbonyl (C=O) groups excluding carboxylic acids is 2. The Labute approximate surface area is 121 Å². The predicted octanol–water partition coefficient (Wildman–Crippen LogP) is 2.49. The molecule has 0 atom stereocenters. The van der Waals surface area contributed by atoms with Crippen LogP contribution in [0.4, 0.5) is 0 Å². The normalized spacial score (nSPS) is 10.3. The number of ether oxygens (including phenoxy) is 1. The van der Waals surface area contributed by atoms with E-state index in [4.69, 9.17) is 11.6 Å². The quantitative estimate of drug-likeness (QED) is 0.641. The second kappa shape index (κ2) is 5.88. The molecule has 0 bridgehead atoms. The summed E-state index contributed by atoms with van der Waals surface area (Å²) in [6.07, 6.45) is 0.690. The monoisotopic (exact) mass is 292 g/mol. The van der Waals surface area contributed by atoms with Gasteiger partial charge in [-0.05, 0) is 36.8 Å². The molecule has 104 valence electrons. The standard InChI is InChI=1S/C14H13ClN2O3/c1-9-5-12(8-18)16-17(9)7-11-6-10(14(19)20-2)3-4-13(11)15/h3-6,8H,7H2,1-2H3. The summed E-state index contributed by atoms with van der Waals surface area (Å²) in [5.74, 6) is -0.423. The number of hydrogen-bond donors (Lipinski definition) is 0. The molecule has 0 saturated carbocycles. The Balaban J connectivity index is 2.34. The van der Waals surface area contributed by atoms with Gasteiger partial charge in [0, 0.05) is 10.7 Å². The summed E-state index contributed by atoms with van der Waals surface area (Å²) >= 11 is 6.12. The highest BCUT2D eigenvalue weighted by Crippen LogP contribution is 2.20. The van der Waals surface area contributed by atoms with Crippen molar-refractivity contribution in [3.63, 3.8) is 0 Å². The number of benzene rings is 1. The first-order valence-corrected chi connectivity index (χ1v) is 6.29. The molecule has 0 aliphatic heterocycles. The Kier molecular flexibility index (Phi) is 4.20. The number of rotatable bonds is 4. The van der Waals surface area contributed by atoms with Crippen molar-refractivity contribution in [1.82, 2.24) is 9.78 Å². The zero-order valence-electron chi connectivity index (χ0n) is 11.1. The van der Waals surface area contributed by atoms with Gasteiger partial charge in [-0.1, -0.05) is 11.6 Å². The van der Waals surface area contributed by atoms with Crippen LogP contribution < -0.4 is 0 Å². The molecule has 2 rings (SSSR count). The number of aryl methyl sites for hydroxylation is 1. The highest BCUT2D eigenvalue weighted by atomic mass is 35.5. The lowest BCUT2D eigenvalue weighted by molar-refractivity contribution is 0.0600. The first-order chi connectivity index (χ1) is 9.55. The van der Waals surface area contributed by atoms with E-state index in [0.29, 0.717) is 29.1 Å². The van der Waals surface area contributed by atoms with Gasteiger partial charge < -0.3 is 4.74 Å². The molecule has 0 amide bonds. The third-order valence-corrected chi connectivity index (χ3v) is 3.28. The maximum Gasteiger partial charge on any atom is 0.337 e. The fraction of sp³-hybridized carbons (Fsp3) is 0.214. The van der Waals surface area contributed by atoms with Crippen molar-refractivity contribution in [3.05, 3.63) is 51.8 Å². The van der Waals surface area contributed by atoms with E-state index in [2.05, 4.69) is 9.84 Å². The van der Waals surface area contributed by atoms with Crippen LogP contribution in [0, 0.1) is 6.92 Å². The van der Waals surface area contributed by atoms with Gasteiger partial charge in [-0.15, -0.1) is 0 Å². The first-order valence-electron chi connectivity index (χ1n) is 5.91. The molecule has 0 unspecified atom stereocenters. The molecule has 0 saturated heterocycles. The topological polar surface area (TPSA) is 61.2 Å². The fourth-order valence-corrected chi connectivity index (χ4v) is 2.03. The Hall–Kier alpha value is -2.14. The zero-order chi connectivity index (χ0) is 14.7. The van der Waals surface area contributed by atoms with Gasteiger partial charge >= 0.3 is 5.97 Å². The van der Waals surface area contributed by atoms with E-state index < -0.39 is 5.97 Å². The molecule has 5 nitrogen and oxygen atoms in total. The van der Waals surface area contributed by atoms with Gasteiger partial charge in [0.1, 0.15) is 5.69 Å². The molecular formula is C14H13ClN2O3. The van der Waals surface area contributed by atoms with Crippen LogP contribution in [0.2, 0.25) is 5.02 Å². The van der Waals surface area contributed by atoms with Gasteiger partial charge in [0.15, 0.2) is 6.29 Å². The summed E-state index contributed by atoms with van der Waals surface area (Å²) in [4.78, 5) is 22.2. The third-order valence-electron chi connectivity index (χ3n) is 2.91. The molecule has 0 N–H and O–H groups in total. The van der Waals surface area contributed by atoms with Crippen molar-refractivity contribution < 1.29 is 14.3 Å². The molecule has 1 aromatic heterocycles. The highest BCUT2D eigenvalue weighted by molar-refractivity contribution is 6.31. The Morgan fingerprint density at radius 2 is 2.20 bits per heavy atom. The smallest absolute Gasteiger partial charge is 0.337 e. The van der Waals surface area contributed by atoms with Crippen LogP contribution in [-0.2, 0) is 11.3 Å². The molecule has 0 spiro atoms. The van der Waals surface area contributed by atoms with Gasteiger partial charge in [0.2, 0.25) is 0 Å². The minimum Gasteiger partial charge on any atom is -0.465 e. The second-order valence-electron chi connectivity index (χ2n) is 4.28. The van der Waals surface area contributed by atoms with Crippen molar-refractivity contribution in [2.75, 3.05) is 7.11 Å². The molecule has 2 aromatic rings. The van der Waals surface area contributed by atoms with Crippen molar-refractivity contribution >= 4 is 23.9 Å². The van der Waals surface area contributed by atoms with Crippen LogP contribution in [0.5, 0.6) is 0 Å². The SMILES string of the molecule is COC(=O)c1ccc(Cl)c(Cn2nc(C=O)cc2C)c1. The molecule has 0 aliphatic carbocycles. The first kappa shape index (κ1) is 14.3. The fourth-order valence-electron chi connectivity index (χ4n) is 1.86. The summed E-state index contributed by atoms with van der Waals surface area (Å²) < 4.78 is 6.33. The maximum absolute atomic E-state index is 11.5. The van der Waals surface area contributed by atoms with Crippen LogP contribution in [-0.4, -0.2) is 29.1 Å². The van der Waals surface area contributed by atoms with Crippen LogP contribution in [0.15, 0.2) is 24.3 Å². The number of esters is 1. The van der Waals surface area contributed by atoms with Gasteiger partial charge in [0.25, 0.3) is 0 Å². The minimum atomic E-state index is -0.423. The molecule has 0 aliphatic rings. The van der Waals surface area contributed by atoms with Crippen LogP contribution in [0.3, 0.4) is 0 Å². The van der Waals surface area contributed by atoms with E-state index in [9.17, 15) is 9.59 Å². The summed E-state index contributed by atoms with van der Waals surface area (Å²) in [6.45, 7) is 2.22. The van der Waals surface area contributed by atoms with Gasteiger partial charge in [0.05, 0.1) is 19.2 Å². The van der Waals surface area contributed by atoms with E-state index in [0.717, 1.165) is 11.3 Å². The average Bonchev–Trinajstić information content (AvgIpc) is 2.81. The number of halogens is 1. The molecule has 1 aromatic carbocycles. The number of carbonyl (C=O) groups is 2. The summed E-state index contributed by atoms with van der Waals surface area (Å²) in [7, 11) is 1.32. The van der Waals surface area contributed by atoms with E-state index in [1.165, 1.54) is 7.11 Å². The molecule has 0 fully saturated rings. The van der Waals surface area contributed by atoms with E-state index in [1.54, 1.807) is 28.9 Å². The number of aldehydes is 1. The lowest BCUT2D eigenvalue weighted by atomic mass is 10.1. The number of aromatic nitrogens is 2. The van der Waals surface area contributed by atoms with Crippen molar-refractivity contribution in [2.24, 2.45) is 0 Å². The molecule has 6 heteroatoms. The van der Waals surface area contributed by atoms with E-state index in [-0.39, 0.29) is 0 Å². The molecule has 20 heavy (non-hydrogen) atoms. The van der Waals surface area contributed by atoms with Gasteiger partial charge in [-0.25, -0.2) is 4.79 Å². The third kappa shape index (κ3) is 2.88. The molecular weight excluding hydrogens is 280 g/mol. The van der Waals surface area contributed by atoms with Crippen molar-refractivity contribution in [2.45, 2.75) is 13.5 Å². The number of nitrogens with zero attached hydrogens (tertiary/aromatic N) is 2. The number of methoxy groups -OCH3 is 1. The average molecular weight is 293 g/mol.